The molecule has 0 fully saturated rings. The van der Waals surface area contributed by atoms with Crippen LogP contribution in [0.15, 0.2) is 24.3 Å². The highest BCUT2D eigenvalue weighted by molar-refractivity contribution is 9.09. The van der Waals surface area contributed by atoms with E-state index in [0.29, 0.717) is 24.4 Å². The Morgan fingerprint density at radius 1 is 1.50 bits per heavy atom. The van der Waals surface area contributed by atoms with Gasteiger partial charge in [0.05, 0.1) is 13.0 Å². The quantitative estimate of drug-likeness (QED) is 0.786. The van der Waals surface area contributed by atoms with Crippen LogP contribution in [0.5, 0.6) is 5.75 Å². The minimum atomic E-state index is 0.0283. The molecule has 18 heavy (non-hydrogen) atoms. The molecule has 0 heterocycles. The molecule has 100 valence electrons. The Morgan fingerprint density at radius 2 is 2.28 bits per heavy atom. The Balaban J connectivity index is 2.19. The first-order chi connectivity index (χ1) is 8.61. The summed E-state index contributed by atoms with van der Waals surface area (Å²) in [6, 6.07) is 7.82. The second-order valence-electron chi connectivity index (χ2n) is 4.22. The Kier molecular flexibility index (Phi) is 6.80. The summed E-state index contributed by atoms with van der Waals surface area (Å²) in [5, 5.41) is 2.87. The van der Waals surface area contributed by atoms with Gasteiger partial charge in [-0.1, -0.05) is 35.0 Å². The number of aryl methyl sites for hydroxylation is 1. The van der Waals surface area contributed by atoms with Gasteiger partial charge in [0.1, 0.15) is 5.75 Å². The van der Waals surface area contributed by atoms with E-state index in [0.717, 1.165) is 17.7 Å². The number of halogens is 1. The van der Waals surface area contributed by atoms with Gasteiger partial charge in [-0.2, -0.15) is 0 Å². The fraction of sp³-hybridized carbons (Fsp3) is 0.500. The van der Waals surface area contributed by atoms with E-state index in [2.05, 4.69) is 28.2 Å². The molecule has 1 aromatic rings. The highest BCUT2D eigenvalue weighted by atomic mass is 79.9. The van der Waals surface area contributed by atoms with Crippen molar-refractivity contribution in [3.8, 4) is 5.75 Å². The van der Waals surface area contributed by atoms with Crippen LogP contribution in [-0.2, 0) is 4.79 Å². The molecule has 0 aliphatic rings. The van der Waals surface area contributed by atoms with E-state index in [9.17, 15) is 4.79 Å². The minimum Gasteiger partial charge on any atom is -0.493 e. The molecule has 1 amide bonds. The average molecular weight is 314 g/mol. The van der Waals surface area contributed by atoms with Crippen LogP contribution in [-0.4, -0.2) is 23.9 Å². The molecule has 1 aromatic carbocycles. The number of benzene rings is 1. The number of ether oxygens (including phenoxy) is 1. The number of hydrogen-bond donors (Lipinski definition) is 1. The van der Waals surface area contributed by atoms with Crippen molar-refractivity contribution >= 4 is 21.8 Å². The summed E-state index contributed by atoms with van der Waals surface area (Å²) in [6.07, 6.45) is 1.39. The topological polar surface area (TPSA) is 38.3 Å². The van der Waals surface area contributed by atoms with E-state index in [1.54, 1.807) is 0 Å². The predicted octanol–water partition coefficient (Wildman–Crippen LogP) is 3.05. The van der Waals surface area contributed by atoms with Crippen molar-refractivity contribution in [3.63, 3.8) is 0 Å². The summed E-state index contributed by atoms with van der Waals surface area (Å²) in [4.78, 5) is 11.9. The Bertz CT molecular complexity index is 382. The number of carbonyl (C=O) groups excluding carboxylic acids is 1. The first-order valence-electron chi connectivity index (χ1n) is 6.22. The monoisotopic (exact) mass is 313 g/mol. The van der Waals surface area contributed by atoms with Gasteiger partial charge in [-0.05, 0) is 31.0 Å². The van der Waals surface area contributed by atoms with E-state index in [1.807, 2.05) is 31.2 Å². The highest BCUT2D eigenvalue weighted by Gasteiger charge is 2.05. The van der Waals surface area contributed by atoms with Crippen LogP contribution < -0.4 is 10.1 Å². The molecule has 0 spiro atoms. The molecule has 0 aromatic heterocycles. The molecular formula is C14H20BrNO2. The van der Waals surface area contributed by atoms with Gasteiger partial charge < -0.3 is 10.1 Å². The van der Waals surface area contributed by atoms with E-state index in [1.165, 1.54) is 0 Å². The highest BCUT2D eigenvalue weighted by Crippen LogP contribution is 2.12. The van der Waals surface area contributed by atoms with Crippen molar-refractivity contribution in [1.29, 1.82) is 0 Å². The van der Waals surface area contributed by atoms with E-state index >= 15 is 0 Å². The van der Waals surface area contributed by atoms with Crippen LogP contribution in [0, 0.1) is 6.92 Å². The third-order valence-corrected chi connectivity index (χ3v) is 3.52. The van der Waals surface area contributed by atoms with Crippen LogP contribution in [0.3, 0.4) is 0 Å². The Labute approximate surface area is 117 Å². The lowest BCUT2D eigenvalue weighted by Gasteiger charge is -2.10. The smallest absolute Gasteiger partial charge is 0.223 e. The van der Waals surface area contributed by atoms with Crippen molar-refractivity contribution in [3.05, 3.63) is 29.8 Å². The Morgan fingerprint density at radius 3 is 2.94 bits per heavy atom. The van der Waals surface area contributed by atoms with E-state index in [-0.39, 0.29) is 5.91 Å². The van der Waals surface area contributed by atoms with E-state index < -0.39 is 0 Å². The molecule has 0 saturated carbocycles. The molecule has 0 radical (unpaired) electrons. The lowest BCUT2D eigenvalue weighted by Crippen LogP contribution is -2.30. The molecule has 3 nitrogen and oxygen atoms in total. The summed E-state index contributed by atoms with van der Waals surface area (Å²) < 4.78 is 5.52. The fourth-order valence-corrected chi connectivity index (χ4v) is 1.59. The van der Waals surface area contributed by atoms with Gasteiger partial charge in [-0.25, -0.2) is 0 Å². The third-order valence-electron chi connectivity index (χ3n) is 2.55. The average Bonchev–Trinajstić information content (AvgIpc) is 2.36. The maximum Gasteiger partial charge on any atom is 0.223 e. The number of nitrogens with one attached hydrogen (secondary N) is 1. The SMILES string of the molecule is CCC(Br)CNC(=O)CCOc1cccc(C)c1. The molecule has 0 aliphatic heterocycles. The van der Waals surface area contributed by atoms with Gasteiger partial charge in [0.25, 0.3) is 0 Å². The first-order valence-corrected chi connectivity index (χ1v) is 7.13. The summed E-state index contributed by atoms with van der Waals surface area (Å²) in [6.45, 7) is 5.17. The lowest BCUT2D eigenvalue weighted by atomic mass is 10.2. The number of rotatable bonds is 7. The predicted molar refractivity (Wildman–Crippen MR) is 77.3 cm³/mol. The summed E-state index contributed by atoms with van der Waals surface area (Å²) in [5.74, 6) is 0.843. The third kappa shape index (κ3) is 6.05. The molecule has 4 heteroatoms. The maximum atomic E-state index is 11.5. The number of hydrogen-bond acceptors (Lipinski definition) is 2. The lowest BCUT2D eigenvalue weighted by molar-refractivity contribution is -0.121. The number of amides is 1. The second-order valence-corrected chi connectivity index (χ2v) is 5.52. The van der Waals surface area contributed by atoms with Gasteiger partial charge >= 0.3 is 0 Å². The van der Waals surface area contributed by atoms with Crippen molar-refractivity contribution in [2.45, 2.75) is 31.5 Å². The largest absolute Gasteiger partial charge is 0.493 e. The van der Waals surface area contributed by atoms with Crippen LogP contribution in [0.4, 0.5) is 0 Å². The molecule has 0 saturated heterocycles. The van der Waals surface area contributed by atoms with Gasteiger partial charge in [-0.15, -0.1) is 0 Å². The van der Waals surface area contributed by atoms with Crippen molar-refractivity contribution in [2.24, 2.45) is 0 Å². The van der Waals surface area contributed by atoms with Gasteiger partial charge in [-0.3, -0.25) is 4.79 Å². The minimum absolute atomic E-state index is 0.0283. The summed E-state index contributed by atoms with van der Waals surface area (Å²) in [5.41, 5.74) is 1.15. The van der Waals surface area contributed by atoms with Gasteiger partial charge in [0, 0.05) is 11.4 Å². The van der Waals surface area contributed by atoms with Crippen LogP contribution in [0.1, 0.15) is 25.3 Å². The zero-order chi connectivity index (χ0) is 13.4. The summed E-state index contributed by atoms with van der Waals surface area (Å²) in [7, 11) is 0. The molecule has 1 unspecified atom stereocenters. The summed E-state index contributed by atoms with van der Waals surface area (Å²) >= 11 is 3.47. The molecule has 1 rings (SSSR count). The zero-order valence-electron chi connectivity index (χ0n) is 10.9. The first kappa shape index (κ1) is 15.0. The van der Waals surface area contributed by atoms with Crippen molar-refractivity contribution in [2.75, 3.05) is 13.2 Å². The molecule has 0 bridgehead atoms. The molecule has 1 atom stereocenters. The molecule has 0 aliphatic carbocycles. The van der Waals surface area contributed by atoms with Gasteiger partial charge in [0.2, 0.25) is 5.91 Å². The zero-order valence-corrected chi connectivity index (χ0v) is 12.5. The van der Waals surface area contributed by atoms with Crippen molar-refractivity contribution in [1.82, 2.24) is 5.32 Å². The maximum absolute atomic E-state index is 11.5. The fourth-order valence-electron chi connectivity index (χ4n) is 1.42. The molecular weight excluding hydrogens is 294 g/mol. The van der Waals surface area contributed by atoms with Gasteiger partial charge in [0.15, 0.2) is 0 Å². The molecule has 1 N–H and O–H groups in total. The second kappa shape index (κ2) is 8.14. The Hall–Kier alpha value is -1.03. The van der Waals surface area contributed by atoms with Crippen molar-refractivity contribution < 1.29 is 9.53 Å². The van der Waals surface area contributed by atoms with Crippen LogP contribution >= 0.6 is 15.9 Å². The van der Waals surface area contributed by atoms with Crippen LogP contribution in [0.2, 0.25) is 0 Å². The normalized spacial score (nSPS) is 11.9. The standard InChI is InChI=1S/C14H20BrNO2/c1-3-12(15)10-16-14(17)7-8-18-13-6-4-5-11(2)9-13/h4-6,9,12H,3,7-8,10H2,1-2H3,(H,16,17). The number of alkyl halides is 1. The van der Waals surface area contributed by atoms with E-state index in [4.69, 9.17) is 4.74 Å². The number of carbonyl (C=O) groups is 1. The van der Waals surface area contributed by atoms with Crippen LogP contribution in [0.25, 0.3) is 0 Å².